The van der Waals surface area contributed by atoms with E-state index in [1.807, 2.05) is 30.7 Å². The van der Waals surface area contributed by atoms with Crippen molar-refractivity contribution in [3.8, 4) is 0 Å². The van der Waals surface area contributed by atoms with Gasteiger partial charge in [0.25, 0.3) is 0 Å². The molecule has 2 aromatic rings. The SMILES string of the molecule is Cc1nnc(CN=C(NCC2CCCO2)NCC2(c3ccccc3F)CC2)n1C. The number of nitrogens with zero attached hydrogens (tertiary/aromatic N) is 4. The lowest BCUT2D eigenvalue weighted by Gasteiger charge is -2.21. The van der Waals surface area contributed by atoms with Gasteiger partial charge in [-0.25, -0.2) is 9.38 Å². The third-order valence-corrected chi connectivity index (χ3v) is 5.98. The maximum atomic E-state index is 14.3. The van der Waals surface area contributed by atoms with Gasteiger partial charge in [0.15, 0.2) is 11.8 Å². The first-order valence-corrected chi connectivity index (χ1v) is 10.3. The highest BCUT2D eigenvalue weighted by Crippen LogP contribution is 2.48. The molecule has 0 amide bonds. The van der Waals surface area contributed by atoms with Crippen LogP contribution in [0.4, 0.5) is 4.39 Å². The molecule has 4 rings (SSSR count). The Bertz CT molecular complexity index is 870. The first-order valence-electron chi connectivity index (χ1n) is 10.3. The Morgan fingerprint density at radius 3 is 2.79 bits per heavy atom. The van der Waals surface area contributed by atoms with E-state index in [1.165, 1.54) is 6.07 Å². The largest absolute Gasteiger partial charge is 0.376 e. The van der Waals surface area contributed by atoms with Crippen LogP contribution in [0, 0.1) is 12.7 Å². The number of hydrogen-bond donors (Lipinski definition) is 2. The third-order valence-electron chi connectivity index (χ3n) is 5.98. The summed E-state index contributed by atoms with van der Waals surface area (Å²) in [5.41, 5.74) is 0.633. The van der Waals surface area contributed by atoms with Gasteiger partial charge in [-0.2, -0.15) is 0 Å². The van der Waals surface area contributed by atoms with Gasteiger partial charge in [-0.05, 0) is 44.2 Å². The minimum Gasteiger partial charge on any atom is -0.376 e. The Labute approximate surface area is 170 Å². The molecule has 29 heavy (non-hydrogen) atoms. The predicted molar refractivity (Wildman–Crippen MR) is 109 cm³/mol. The van der Waals surface area contributed by atoms with Gasteiger partial charge in [0.05, 0.1) is 6.10 Å². The summed E-state index contributed by atoms with van der Waals surface area (Å²) in [4.78, 5) is 4.70. The second-order valence-electron chi connectivity index (χ2n) is 8.02. The molecule has 1 aromatic heterocycles. The summed E-state index contributed by atoms with van der Waals surface area (Å²) in [7, 11) is 1.93. The Morgan fingerprint density at radius 1 is 1.31 bits per heavy atom. The van der Waals surface area contributed by atoms with Crippen molar-refractivity contribution in [3.63, 3.8) is 0 Å². The quantitative estimate of drug-likeness (QED) is 0.551. The van der Waals surface area contributed by atoms with E-state index < -0.39 is 0 Å². The Balaban J connectivity index is 1.43. The second-order valence-corrected chi connectivity index (χ2v) is 8.02. The van der Waals surface area contributed by atoms with Crippen LogP contribution in [-0.2, 0) is 23.7 Å². The fourth-order valence-electron chi connectivity index (χ4n) is 3.77. The smallest absolute Gasteiger partial charge is 0.191 e. The molecule has 2 N–H and O–H groups in total. The van der Waals surface area contributed by atoms with Gasteiger partial charge >= 0.3 is 0 Å². The maximum absolute atomic E-state index is 14.3. The number of nitrogens with one attached hydrogen (secondary N) is 2. The van der Waals surface area contributed by atoms with E-state index in [0.29, 0.717) is 25.6 Å². The van der Waals surface area contributed by atoms with Gasteiger partial charge in [-0.1, -0.05) is 18.2 Å². The molecule has 2 heterocycles. The highest BCUT2D eigenvalue weighted by Gasteiger charge is 2.45. The average Bonchev–Trinajstić information content (AvgIpc) is 3.18. The molecule has 2 fully saturated rings. The highest BCUT2D eigenvalue weighted by atomic mass is 19.1. The molecule has 0 radical (unpaired) electrons. The Hall–Kier alpha value is -2.48. The average molecular weight is 401 g/mol. The van der Waals surface area contributed by atoms with Gasteiger partial charge in [-0.3, -0.25) is 0 Å². The van der Waals surface area contributed by atoms with Crippen molar-refractivity contribution in [2.24, 2.45) is 12.0 Å². The molecule has 1 aromatic carbocycles. The summed E-state index contributed by atoms with van der Waals surface area (Å²) in [5, 5.41) is 15.1. The predicted octanol–water partition coefficient (Wildman–Crippen LogP) is 2.21. The zero-order chi connectivity index (χ0) is 20.3. The molecule has 1 unspecified atom stereocenters. The van der Waals surface area contributed by atoms with Crippen molar-refractivity contribution >= 4 is 5.96 Å². The number of aliphatic imine (C=N–C) groups is 1. The van der Waals surface area contributed by atoms with E-state index in [-0.39, 0.29) is 17.3 Å². The second kappa shape index (κ2) is 8.49. The number of hydrogen-bond acceptors (Lipinski definition) is 4. The standard InChI is InChI=1S/C21H29FN6O/c1-15-26-27-19(28(15)2)13-24-20(23-12-16-6-5-11-29-16)25-14-21(9-10-21)17-7-3-4-8-18(17)22/h3-4,7-8,16H,5-6,9-14H2,1-2H3,(H2,23,24,25). The van der Waals surface area contributed by atoms with Crippen LogP contribution in [0.2, 0.25) is 0 Å². The van der Waals surface area contributed by atoms with Crippen LogP contribution >= 0.6 is 0 Å². The van der Waals surface area contributed by atoms with Gasteiger partial charge in [0, 0.05) is 32.2 Å². The van der Waals surface area contributed by atoms with Crippen LogP contribution in [0.15, 0.2) is 29.3 Å². The van der Waals surface area contributed by atoms with Crippen LogP contribution in [0.5, 0.6) is 0 Å². The number of aromatic nitrogens is 3. The minimum absolute atomic E-state index is 0.132. The molecule has 2 aliphatic rings. The molecule has 1 atom stereocenters. The Kier molecular flexibility index (Phi) is 5.80. The summed E-state index contributed by atoms with van der Waals surface area (Å²) >= 11 is 0. The summed E-state index contributed by atoms with van der Waals surface area (Å²) in [6.45, 7) is 4.51. The number of halogens is 1. The van der Waals surface area contributed by atoms with Crippen LogP contribution in [0.25, 0.3) is 0 Å². The molecule has 8 heteroatoms. The van der Waals surface area contributed by atoms with Gasteiger partial charge in [-0.15, -0.1) is 10.2 Å². The minimum atomic E-state index is -0.154. The van der Waals surface area contributed by atoms with E-state index in [4.69, 9.17) is 9.73 Å². The van der Waals surface area contributed by atoms with Crippen molar-refractivity contribution in [3.05, 3.63) is 47.3 Å². The number of aryl methyl sites for hydroxylation is 1. The summed E-state index contributed by atoms with van der Waals surface area (Å²) < 4.78 is 22.0. The van der Waals surface area contributed by atoms with Crippen molar-refractivity contribution in [1.82, 2.24) is 25.4 Å². The summed E-state index contributed by atoms with van der Waals surface area (Å²) in [6.07, 6.45) is 4.31. The molecule has 1 aliphatic carbocycles. The molecule has 156 valence electrons. The lowest BCUT2D eigenvalue weighted by atomic mass is 9.95. The topological polar surface area (TPSA) is 76.4 Å². The fourth-order valence-corrected chi connectivity index (χ4v) is 3.77. The number of rotatable bonds is 7. The fraction of sp³-hybridized carbons (Fsp3) is 0.571. The van der Waals surface area contributed by atoms with Crippen LogP contribution < -0.4 is 10.6 Å². The Morgan fingerprint density at radius 2 is 2.14 bits per heavy atom. The third kappa shape index (κ3) is 4.58. The molecule has 1 saturated heterocycles. The maximum Gasteiger partial charge on any atom is 0.191 e. The van der Waals surface area contributed by atoms with Crippen molar-refractivity contribution in [1.29, 1.82) is 0 Å². The normalized spacial score (nSPS) is 20.7. The lowest BCUT2D eigenvalue weighted by molar-refractivity contribution is 0.113. The molecule has 0 bridgehead atoms. The first kappa shape index (κ1) is 19.8. The molecule has 1 aliphatic heterocycles. The van der Waals surface area contributed by atoms with E-state index in [0.717, 1.165) is 49.5 Å². The van der Waals surface area contributed by atoms with E-state index in [2.05, 4.69) is 20.8 Å². The van der Waals surface area contributed by atoms with Crippen molar-refractivity contribution in [2.45, 2.75) is 50.7 Å². The van der Waals surface area contributed by atoms with Gasteiger partial charge in [0.2, 0.25) is 0 Å². The first-order chi connectivity index (χ1) is 14.1. The number of guanidine groups is 1. The number of ether oxygens (including phenoxy) is 1. The zero-order valence-corrected chi connectivity index (χ0v) is 17.1. The zero-order valence-electron chi connectivity index (χ0n) is 17.1. The van der Waals surface area contributed by atoms with Crippen molar-refractivity contribution < 1.29 is 9.13 Å². The molecule has 0 spiro atoms. The molecule has 7 nitrogen and oxygen atoms in total. The molecular formula is C21H29FN6O. The monoisotopic (exact) mass is 400 g/mol. The number of benzene rings is 1. The summed E-state index contributed by atoms with van der Waals surface area (Å²) in [6, 6.07) is 7.07. The van der Waals surface area contributed by atoms with E-state index in [1.54, 1.807) is 6.07 Å². The van der Waals surface area contributed by atoms with Crippen molar-refractivity contribution in [2.75, 3.05) is 19.7 Å². The van der Waals surface area contributed by atoms with Gasteiger partial charge < -0.3 is 19.9 Å². The molecule has 1 saturated carbocycles. The van der Waals surface area contributed by atoms with E-state index in [9.17, 15) is 4.39 Å². The lowest BCUT2D eigenvalue weighted by Crippen LogP contribution is -2.44. The highest BCUT2D eigenvalue weighted by molar-refractivity contribution is 5.80. The summed E-state index contributed by atoms with van der Waals surface area (Å²) in [5.74, 6) is 2.22. The van der Waals surface area contributed by atoms with E-state index >= 15 is 0 Å². The van der Waals surface area contributed by atoms with Crippen LogP contribution in [-0.4, -0.2) is 46.5 Å². The van der Waals surface area contributed by atoms with Crippen LogP contribution in [0.1, 0.15) is 42.9 Å². The molecular weight excluding hydrogens is 371 g/mol. The van der Waals surface area contributed by atoms with Crippen LogP contribution in [0.3, 0.4) is 0 Å². The van der Waals surface area contributed by atoms with Gasteiger partial charge in [0.1, 0.15) is 18.2 Å².